The van der Waals surface area contributed by atoms with Crippen molar-refractivity contribution >= 4 is 0 Å². The number of methoxy groups -OCH3 is 1. The summed E-state index contributed by atoms with van der Waals surface area (Å²) in [6.45, 7) is 4.15. The van der Waals surface area contributed by atoms with Crippen LogP contribution in [-0.4, -0.2) is 106 Å². The van der Waals surface area contributed by atoms with Crippen LogP contribution in [0.3, 0.4) is 0 Å². The Labute approximate surface area is 184 Å². The Balaban J connectivity index is 1.41. The normalized spacial score (nSPS) is 31.7. The molecule has 0 bridgehead atoms. The van der Waals surface area contributed by atoms with Crippen LogP contribution in [0.25, 0.3) is 0 Å². The number of hydrogen-bond acceptors (Lipinski definition) is 10. The Bertz CT molecular complexity index is 501. The summed E-state index contributed by atoms with van der Waals surface area (Å²) in [5.41, 5.74) is 0. The van der Waals surface area contributed by atoms with Crippen LogP contribution < -0.4 is 0 Å². The van der Waals surface area contributed by atoms with Gasteiger partial charge in [-0.25, -0.2) is 0 Å². The van der Waals surface area contributed by atoms with Crippen LogP contribution in [0.2, 0.25) is 0 Å². The molecule has 0 aromatic rings. The molecule has 10 heteroatoms. The third-order valence-corrected chi connectivity index (χ3v) is 5.80. The zero-order valence-electron chi connectivity index (χ0n) is 18.6. The summed E-state index contributed by atoms with van der Waals surface area (Å²) in [7, 11) is 1.63. The molecule has 0 aromatic heterocycles. The molecular weight excluding hydrogens is 412 g/mol. The Morgan fingerprint density at radius 3 is 2.32 bits per heavy atom. The molecule has 1 spiro atoms. The first kappa shape index (κ1) is 25.2. The molecule has 2 aliphatic heterocycles. The molecule has 10 nitrogen and oxygen atoms in total. The Morgan fingerprint density at radius 1 is 0.968 bits per heavy atom. The molecule has 0 aromatic carbocycles. The van der Waals surface area contributed by atoms with E-state index < -0.39 is 49.4 Å². The molecule has 31 heavy (non-hydrogen) atoms. The maximum absolute atomic E-state index is 10.2. The van der Waals surface area contributed by atoms with Crippen molar-refractivity contribution in [3.8, 4) is 0 Å². The summed E-state index contributed by atoms with van der Waals surface area (Å²) < 4.78 is 45.7. The van der Waals surface area contributed by atoms with E-state index in [1.54, 1.807) is 14.0 Å². The summed E-state index contributed by atoms with van der Waals surface area (Å²) in [5, 5.41) is 19.6. The van der Waals surface area contributed by atoms with E-state index in [9.17, 15) is 10.2 Å². The van der Waals surface area contributed by atoms with Gasteiger partial charge in [0.15, 0.2) is 18.4 Å². The Kier molecular flexibility index (Phi) is 10.4. The van der Waals surface area contributed by atoms with Gasteiger partial charge in [0.2, 0.25) is 0 Å². The third kappa shape index (κ3) is 7.04. The first-order valence-electron chi connectivity index (χ1n) is 11.3. The van der Waals surface area contributed by atoms with Gasteiger partial charge in [0, 0.05) is 20.0 Å². The Hall–Kier alpha value is -0.400. The second-order valence-corrected chi connectivity index (χ2v) is 8.15. The fourth-order valence-electron chi connectivity index (χ4n) is 4.25. The highest BCUT2D eigenvalue weighted by molar-refractivity contribution is 4.99. The predicted molar refractivity (Wildman–Crippen MR) is 107 cm³/mol. The quantitative estimate of drug-likeness (QED) is 0.287. The molecule has 2 saturated heterocycles. The topological polar surface area (TPSA) is 114 Å². The number of rotatable bonds is 14. The molecule has 3 rings (SSSR count). The van der Waals surface area contributed by atoms with Gasteiger partial charge >= 0.3 is 0 Å². The zero-order chi connectivity index (χ0) is 22.1. The summed E-state index contributed by atoms with van der Waals surface area (Å²) in [6, 6.07) is 0. The van der Waals surface area contributed by atoms with Crippen LogP contribution >= 0.6 is 0 Å². The lowest BCUT2D eigenvalue weighted by Crippen LogP contribution is -2.46. The Morgan fingerprint density at radius 2 is 1.65 bits per heavy atom. The molecule has 182 valence electrons. The highest BCUT2D eigenvalue weighted by Gasteiger charge is 2.59. The van der Waals surface area contributed by atoms with Gasteiger partial charge in [-0.15, -0.1) is 0 Å². The van der Waals surface area contributed by atoms with Gasteiger partial charge in [0.25, 0.3) is 0 Å². The van der Waals surface area contributed by atoms with E-state index in [4.69, 9.17) is 37.9 Å². The van der Waals surface area contributed by atoms with Gasteiger partial charge in [-0.1, -0.05) is 6.42 Å². The van der Waals surface area contributed by atoms with Crippen LogP contribution in [-0.2, 0) is 37.9 Å². The van der Waals surface area contributed by atoms with Crippen LogP contribution in [0.1, 0.15) is 39.0 Å². The molecule has 0 amide bonds. The second kappa shape index (κ2) is 12.7. The van der Waals surface area contributed by atoms with Crippen molar-refractivity contribution in [3.05, 3.63) is 0 Å². The smallest absolute Gasteiger partial charge is 0.190 e. The lowest BCUT2D eigenvalue weighted by molar-refractivity contribution is -0.270. The molecule has 6 atom stereocenters. The average Bonchev–Trinajstić information content (AvgIpc) is 3.27. The molecular formula is C21H38O10. The van der Waals surface area contributed by atoms with Crippen LogP contribution in [0.15, 0.2) is 0 Å². The fraction of sp³-hybridized carbons (Fsp3) is 1.00. The van der Waals surface area contributed by atoms with Crippen LogP contribution in [0.4, 0.5) is 0 Å². The maximum atomic E-state index is 10.2. The molecule has 2 N–H and O–H groups in total. The van der Waals surface area contributed by atoms with Crippen molar-refractivity contribution in [1.82, 2.24) is 0 Å². The fourth-order valence-corrected chi connectivity index (χ4v) is 4.25. The molecule has 2 unspecified atom stereocenters. The van der Waals surface area contributed by atoms with Crippen molar-refractivity contribution in [3.63, 3.8) is 0 Å². The van der Waals surface area contributed by atoms with Crippen LogP contribution in [0, 0.1) is 0 Å². The lowest BCUT2D eigenvalue weighted by atomic mass is 9.94. The predicted octanol–water partition coefficient (Wildman–Crippen LogP) is 0.568. The maximum Gasteiger partial charge on any atom is 0.190 e. The van der Waals surface area contributed by atoms with Crippen molar-refractivity contribution in [2.45, 2.75) is 81.8 Å². The number of aliphatic hydroxyl groups excluding tert-OH is 2. The minimum Gasteiger partial charge on any atom is -0.394 e. The van der Waals surface area contributed by atoms with Gasteiger partial charge in [-0.3, -0.25) is 0 Å². The van der Waals surface area contributed by atoms with Crippen molar-refractivity contribution < 1.29 is 48.1 Å². The van der Waals surface area contributed by atoms with E-state index in [1.807, 2.05) is 0 Å². The highest BCUT2D eigenvalue weighted by atomic mass is 16.9. The molecule has 3 fully saturated rings. The highest BCUT2D eigenvalue weighted by Crippen LogP contribution is 2.46. The van der Waals surface area contributed by atoms with Crippen molar-refractivity contribution in [2.24, 2.45) is 0 Å². The average molecular weight is 451 g/mol. The van der Waals surface area contributed by atoms with E-state index in [2.05, 4.69) is 0 Å². The zero-order valence-corrected chi connectivity index (χ0v) is 18.6. The number of fused-ring (bicyclic) bond motifs is 1. The van der Waals surface area contributed by atoms with Gasteiger partial charge < -0.3 is 48.1 Å². The van der Waals surface area contributed by atoms with Crippen molar-refractivity contribution in [1.29, 1.82) is 0 Å². The SMILES string of the molecule is COCCOCCOCCOC(C)O[C@@H]1[C@H]2OC3(CCCCC3)O[C@H]2O[C@@H]1C(O)CO. The van der Waals surface area contributed by atoms with Crippen LogP contribution in [0.5, 0.6) is 0 Å². The third-order valence-electron chi connectivity index (χ3n) is 5.80. The minimum atomic E-state index is -1.10. The van der Waals surface area contributed by atoms with Gasteiger partial charge in [-0.2, -0.15) is 0 Å². The minimum absolute atomic E-state index is 0.343. The standard InChI is InChI=1S/C21H38O10/c1-15(27-13-12-26-11-10-25-9-8-24-2)28-18-17(16(23)14-22)29-20-19(18)30-21(31-20)6-4-3-5-7-21/h15-20,22-23H,3-14H2,1-2H3/t15?,16?,17-,18+,19-,20-/m1/s1. The van der Waals surface area contributed by atoms with E-state index in [0.717, 1.165) is 25.7 Å². The van der Waals surface area contributed by atoms with Gasteiger partial charge in [0.05, 0.1) is 46.2 Å². The first-order chi connectivity index (χ1) is 15.1. The van der Waals surface area contributed by atoms with E-state index in [1.165, 1.54) is 6.42 Å². The van der Waals surface area contributed by atoms with Gasteiger partial charge in [0.1, 0.15) is 24.4 Å². The van der Waals surface area contributed by atoms with Gasteiger partial charge in [-0.05, 0) is 19.8 Å². The van der Waals surface area contributed by atoms with E-state index in [0.29, 0.717) is 39.6 Å². The number of hydrogen-bond donors (Lipinski definition) is 2. The molecule has 2 heterocycles. The molecule has 3 aliphatic rings. The summed E-state index contributed by atoms with van der Waals surface area (Å²) >= 11 is 0. The number of ether oxygens (including phenoxy) is 8. The summed E-state index contributed by atoms with van der Waals surface area (Å²) in [4.78, 5) is 0. The molecule has 1 aliphatic carbocycles. The summed E-state index contributed by atoms with van der Waals surface area (Å²) in [6.07, 6.45) is 0.763. The second-order valence-electron chi connectivity index (χ2n) is 8.15. The largest absolute Gasteiger partial charge is 0.394 e. The first-order valence-corrected chi connectivity index (χ1v) is 11.3. The van der Waals surface area contributed by atoms with E-state index in [-0.39, 0.29) is 0 Å². The monoisotopic (exact) mass is 450 g/mol. The van der Waals surface area contributed by atoms with Crippen molar-refractivity contribution in [2.75, 3.05) is 53.4 Å². The number of aliphatic hydroxyl groups is 2. The lowest BCUT2D eigenvalue weighted by Gasteiger charge is -2.35. The van der Waals surface area contributed by atoms with E-state index >= 15 is 0 Å². The summed E-state index contributed by atoms with van der Waals surface area (Å²) in [5.74, 6) is -0.631. The molecule has 1 saturated carbocycles. The molecule has 0 radical (unpaired) electrons.